The van der Waals surface area contributed by atoms with Crippen LogP contribution in [0.3, 0.4) is 0 Å². The summed E-state index contributed by atoms with van der Waals surface area (Å²) in [5.41, 5.74) is 9.88. The second kappa shape index (κ2) is 4.38. The Bertz CT molecular complexity index is 638. The van der Waals surface area contributed by atoms with Crippen molar-refractivity contribution in [2.45, 2.75) is 38.8 Å². The van der Waals surface area contributed by atoms with Gasteiger partial charge in [0.25, 0.3) is 5.91 Å². The number of amides is 1. The first-order valence-corrected chi connectivity index (χ1v) is 6.70. The molecule has 0 unspecified atom stereocenters. The highest BCUT2D eigenvalue weighted by atomic mass is 16.1. The number of nitrogens with two attached hydrogens (primary N) is 1. The van der Waals surface area contributed by atoms with E-state index in [0.29, 0.717) is 0 Å². The maximum atomic E-state index is 12.2. The molecule has 3 rings (SSSR count). The molecule has 2 aromatic rings. The molecular weight excluding hydrogens is 238 g/mol. The van der Waals surface area contributed by atoms with E-state index < -0.39 is 0 Å². The third-order valence-electron chi connectivity index (χ3n) is 4.08. The number of H-pyrrole nitrogens is 1. The van der Waals surface area contributed by atoms with Gasteiger partial charge in [-0.15, -0.1) is 0 Å². The first kappa shape index (κ1) is 12.2. The zero-order valence-electron chi connectivity index (χ0n) is 11.3. The Morgan fingerprint density at radius 2 is 2.11 bits per heavy atom. The molecule has 0 atom stereocenters. The monoisotopic (exact) mass is 257 g/mol. The number of hydrogen-bond donors (Lipinski definition) is 3. The van der Waals surface area contributed by atoms with Gasteiger partial charge in [0.2, 0.25) is 0 Å². The number of hydrogen-bond acceptors (Lipinski definition) is 2. The summed E-state index contributed by atoms with van der Waals surface area (Å²) in [6.07, 6.45) is 1.77. The Morgan fingerprint density at radius 1 is 1.37 bits per heavy atom. The van der Waals surface area contributed by atoms with Crippen LogP contribution in [0.5, 0.6) is 0 Å². The van der Waals surface area contributed by atoms with Crippen LogP contribution in [0.25, 0.3) is 10.9 Å². The molecular formula is C15H19N3O. The third kappa shape index (κ3) is 2.12. The summed E-state index contributed by atoms with van der Waals surface area (Å²) in [5.74, 6) is -0.00273. The smallest absolute Gasteiger partial charge is 0.251 e. The number of fused-ring (bicyclic) bond motifs is 1. The molecule has 1 fully saturated rings. The van der Waals surface area contributed by atoms with Crippen molar-refractivity contribution < 1.29 is 4.79 Å². The quantitative estimate of drug-likeness (QED) is 0.770. The van der Waals surface area contributed by atoms with Crippen LogP contribution in [0.15, 0.2) is 18.2 Å². The molecule has 0 aliphatic heterocycles. The lowest BCUT2D eigenvalue weighted by Gasteiger charge is -2.32. The summed E-state index contributed by atoms with van der Waals surface area (Å²) < 4.78 is 0. The minimum Gasteiger partial charge on any atom is -0.358 e. The van der Waals surface area contributed by atoms with Crippen molar-refractivity contribution in [1.82, 2.24) is 10.3 Å². The van der Waals surface area contributed by atoms with Crippen LogP contribution in [0.2, 0.25) is 0 Å². The number of benzene rings is 1. The average Bonchev–Trinajstić information content (AvgIpc) is 2.63. The lowest BCUT2D eigenvalue weighted by atomic mass is 9.87. The summed E-state index contributed by atoms with van der Waals surface area (Å²) in [5, 5.41) is 4.15. The Labute approximate surface area is 112 Å². The summed E-state index contributed by atoms with van der Waals surface area (Å²) in [4.78, 5) is 15.5. The lowest BCUT2D eigenvalue weighted by Crippen LogP contribution is -2.50. The number of aromatic nitrogens is 1. The molecule has 1 saturated carbocycles. The molecule has 0 bridgehead atoms. The van der Waals surface area contributed by atoms with Gasteiger partial charge in [-0.3, -0.25) is 4.79 Å². The number of aryl methyl sites for hydroxylation is 2. The van der Waals surface area contributed by atoms with Crippen molar-refractivity contribution in [1.29, 1.82) is 0 Å². The summed E-state index contributed by atoms with van der Waals surface area (Å²) in [7, 11) is 0. The normalized spacial score (nSPS) is 22.3. The average molecular weight is 257 g/mol. The highest BCUT2D eigenvalue weighted by Crippen LogP contribution is 2.23. The summed E-state index contributed by atoms with van der Waals surface area (Å²) in [6, 6.07) is 6.29. The minimum atomic E-state index is -0.00273. The van der Waals surface area contributed by atoms with E-state index in [0.717, 1.165) is 35.0 Å². The lowest BCUT2D eigenvalue weighted by molar-refractivity contribution is 0.0910. The van der Waals surface area contributed by atoms with E-state index in [9.17, 15) is 4.79 Å². The Hall–Kier alpha value is -1.81. The summed E-state index contributed by atoms with van der Waals surface area (Å²) in [6.45, 7) is 4.12. The zero-order chi connectivity index (χ0) is 13.6. The van der Waals surface area contributed by atoms with E-state index >= 15 is 0 Å². The molecule has 1 aromatic carbocycles. The highest BCUT2D eigenvalue weighted by molar-refractivity contribution is 5.99. The van der Waals surface area contributed by atoms with E-state index in [1.54, 1.807) is 0 Å². The predicted molar refractivity (Wildman–Crippen MR) is 76.2 cm³/mol. The minimum absolute atomic E-state index is 0.00273. The topological polar surface area (TPSA) is 70.9 Å². The number of aromatic amines is 1. The molecule has 1 aliphatic carbocycles. The molecule has 4 heteroatoms. The number of carbonyl (C=O) groups is 1. The van der Waals surface area contributed by atoms with Gasteiger partial charge in [-0.1, -0.05) is 0 Å². The van der Waals surface area contributed by atoms with Gasteiger partial charge in [0.05, 0.1) is 0 Å². The van der Waals surface area contributed by atoms with Gasteiger partial charge in [0.1, 0.15) is 0 Å². The molecule has 100 valence electrons. The maximum Gasteiger partial charge on any atom is 0.251 e. The van der Waals surface area contributed by atoms with Crippen molar-refractivity contribution >= 4 is 16.8 Å². The van der Waals surface area contributed by atoms with Crippen molar-refractivity contribution in [3.05, 3.63) is 35.0 Å². The fourth-order valence-electron chi connectivity index (χ4n) is 2.65. The van der Waals surface area contributed by atoms with Crippen LogP contribution in [0.4, 0.5) is 0 Å². The van der Waals surface area contributed by atoms with Gasteiger partial charge < -0.3 is 16.0 Å². The van der Waals surface area contributed by atoms with Crippen LogP contribution in [0, 0.1) is 13.8 Å². The Balaban J connectivity index is 1.84. The van der Waals surface area contributed by atoms with E-state index in [2.05, 4.69) is 17.2 Å². The third-order valence-corrected chi connectivity index (χ3v) is 4.08. The van der Waals surface area contributed by atoms with Crippen molar-refractivity contribution in [2.24, 2.45) is 5.73 Å². The molecule has 0 spiro atoms. The molecule has 1 amide bonds. The molecule has 19 heavy (non-hydrogen) atoms. The van der Waals surface area contributed by atoms with Crippen LogP contribution in [-0.2, 0) is 0 Å². The van der Waals surface area contributed by atoms with E-state index in [1.165, 1.54) is 5.56 Å². The van der Waals surface area contributed by atoms with Gasteiger partial charge in [0.15, 0.2) is 0 Å². The molecule has 4 N–H and O–H groups in total. The second-order valence-electron chi connectivity index (χ2n) is 5.54. The molecule has 0 radical (unpaired) electrons. The molecule has 0 saturated heterocycles. The second-order valence-corrected chi connectivity index (χ2v) is 5.54. The van der Waals surface area contributed by atoms with Crippen molar-refractivity contribution in [3.8, 4) is 0 Å². The maximum absolute atomic E-state index is 12.2. The van der Waals surface area contributed by atoms with E-state index in [1.807, 2.05) is 25.1 Å². The van der Waals surface area contributed by atoms with Crippen LogP contribution < -0.4 is 11.1 Å². The van der Waals surface area contributed by atoms with E-state index in [4.69, 9.17) is 5.73 Å². The molecule has 4 nitrogen and oxygen atoms in total. The van der Waals surface area contributed by atoms with Crippen LogP contribution in [0.1, 0.15) is 34.5 Å². The fourth-order valence-corrected chi connectivity index (χ4v) is 2.65. The molecule has 1 aliphatic rings. The fraction of sp³-hybridized carbons (Fsp3) is 0.400. The Morgan fingerprint density at radius 3 is 2.79 bits per heavy atom. The number of nitrogens with one attached hydrogen (secondary N) is 2. The standard InChI is InChI=1S/C15H19N3O/c1-8-9(2)17-14-4-3-10(5-13(8)14)15(19)18-12-6-11(16)7-12/h3-5,11-12,17H,6-7,16H2,1-2H3,(H,18,19). The van der Waals surface area contributed by atoms with Gasteiger partial charge in [-0.25, -0.2) is 0 Å². The zero-order valence-corrected chi connectivity index (χ0v) is 11.3. The van der Waals surface area contributed by atoms with Crippen LogP contribution >= 0.6 is 0 Å². The predicted octanol–water partition coefficient (Wildman–Crippen LogP) is 2.00. The van der Waals surface area contributed by atoms with Crippen molar-refractivity contribution in [3.63, 3.8) is 0 Å². The van der Waals surface area contributed by atoms with Gasteiger partial charge in [-0.05, 0) is 50.5 Å². The number of rotatable bonds is 2. The molecule has 1 heterocycles. The number of carbonyl (C=O) groups excluding carboxylic acids is 1. The first-order chi connectivity index (χ1) is 9.04. The Kier molecular flexibility index (Phi) is 2.82. The summed E-state index contributed by atoms with van der Waals surface area (Å²) >= 11 is 0. The van der Waals surface area contributed by atoms with Crippen LogP contribution in [-0.4, -0.2) is 23.0 Å². The molecule has 1 aromatic heterocycles. The van der Waals surface area contributed by atoms with E-state index in [-0.39, 0.29) is 18.0 Å². The first-order valence-electron chi connectivity index (χ1n) is 6.70. The van der Waals surface area contributed by atoms with Gasteiger partial charge in [0, 0.05) is 34.2 Å². The van der Waals surface area contributed by atoms with Gasteiger partial charge in [-0.2, -0.15) is 0 Å². The highest BCUT2D eigenvalue weighted by Gasteiger charge is 2.27. The largest absolute Gasteiger partial charge is 0.358 e. The van der Waals surface area contributed by atoms with Crippen molar-refractivity contribution in [2.75, 3.05) is 0 Å². The van der Waals surface area contributed by atoms with Gasteiger partial charge >= 0.3 is 0 Å². The SMILES string of the molecule is Cc1[nH]c2ccc(C(=O)NC3CC(N)C3)cc2c1C.